The number of imide groups is 1. The molecule has 0 radical (unpaired) electrons. The van der Waals surface area contributed by atoms with Crippen molar-refractivity contribution in [1.82, 2.24) is 10.2 Å². The van der Waals surface area contributed by atoms with Gasteiger partial charge in [-0.25, -0.2) is 9.69 Å². The normalized spacial score (nSPS) is 26.7. The topological polar surface area (TPSA) is 58.3 Å². The van der Waals surface area contributed by atoms with Crippen molar-refractivity contribution >= 4 is 11.9 Å². The van der Waals surface area contributed by atoms with Crippen molar-refractivity contribution in [2.24, 2.45) is 0 Å². The SMILES string of the molecule is CC[C@]1(c2ccccc2)NC(=O)N(C[NH+]2CC[NH+](Cc3ccccc3C)CC2)C1=O. The van der Waals surface area contributed by atoms with E-state index in [1.54, 1.807) is 4.90 Å². The number of benzene rings is 2. The molecule has 0 spiro atoms. The zero-order valence-electron chi connectivity index (χ0n) is 17.9. The molecule has 158 valence electrons. The van der Waals surface area contributed by atoms with Crippen LogP contribution in [-0.4, -0.2) is 49.7 Å². The van der Waals surface area contributed by atoms with Gasteiger partial charge in [-0.2, -0.15) is 0 Å². The summed E-state index contributed by atoms with van der Waals surface area (Å²) >= 11 is 0. The quantitative estimate of drug-likeness (QED) is 0.594. The Morgan fingerprint density at radius 2 is 1.57 bits per heavy atom. The lowest BCUT2D eigenvalue weighted by Crippen LogP contribution is -3.28. The molecule has 0 saturated carbocycles. The molecule has 2 saturated heterocycles. The standard InChI is InChI=1S/C24H30N4O2/c1-3-24(21-11-5-4-6-12-21)22(29)28(23(30)25-24)18-27-15-13-26(14-16-27)17-20-10-8-7-9-19(20)2/h4-12H,3,13-18H2,1-2H3,(H,25,30)/p+2/t24-/m1/s1. The zero-order valence-corrected chi connectivity index (χ0v) is 17.9. The van der Waals surface area contributed by atoms with E-state index >= 15 is 0 Å². The summed E-state index contributed by atoms with van der Waals surface area (Å²) in [6.07, 6.45) is 0.543. The fraction of sp³-hybridized carbons (Fsp3) is 0.417. The molecule has 2 aromatic carbocycles. The third kappa shape index (κ3) is 3.85. The third-order valence-corrected chi connectivity index (χ3v) is 6.72. The van der Waals surface area contributed by atoms with Crippen LogP contribution in [0.1, 0.15) is 30.0 Å². The fourth-order valence-corrected chi connectivity index (χ4v) is 4.73. The lowest BCUT2D eigenvalue weighted by molar-refractivity contribution is -1.02. The van der Waals surface area contributed by atoms with Gasteiger partial charge in [0.05, 0.1) is 0 Å². The highest BCUT2D eigenvalue weighted by molar-refractivity contribution is 6.07. The molecule has 3 amide bonds. The smallest absolute Gasteiger partial charge is 0.322 e. The molecule has 1 atom stereocenters. The highest BCUT2D eigenvalue weighted by atomic mass is 16.2. The van der Waals surface area contributed by atoms with Crippen LogP contribution in [0.2, 0.25) is 0 Å². The van der Waals surface area contributed by atoms with Crippen LogP contribution < -0.4 is 15.1 Å². The summed E-state index contributed by atoms with van der Waals surface area (Å²) < 4.78 is 0. The van der Waals surface area contributed by atoms with Crippen LogP contribution in [0.3, 0.4) is 0 Å². The monoisotopic (exact) mass is 408 g/mol. The number of carbonyl (C=O) groups is 2. The van der Waals surface area contributed by atoms with Crippen molar-refractivity contribution in [3.63, 3.8) is 0 Å². The number of rotatable bonds is 6. The number of carbonyl (C=O) groups excluding carboxylic acids is 2. The minimum Gasteiger partial charge on any atom is -0.322 e. The summed E-state index contributed by atoms with van der Waals surface area (Å²) in [6, 6.07) is 17.9. The molecule has 0 aliphatic carbocycles. The third-order valence-electron chi connectivity index (χ3n) is 6.72. The number of piperazine rings is 1. The summed E-state index contributed by atoms with van der Waals surface area (Å²) in [5.41, 5.74) is 2.67. The average Bonchev–Trinajstić information content (AvgIpc) is 3.02. The minimum absolute atomic E-state index is 0.122. The van der Waals surface area contributed by atoms with Gasteiger partial charge in [0.1, 0.15) is 38.3 Å². The first kappa shape index (κ1) is 20.6. The van der Waals surface area contributed by atoms with Gasteiger partial charge < -0.3 is 15.1 Å². The van der Waals surface area contributed by atoms with Gasteiger partial charge in [-0.1, -0.05) is 61.5 Å². The first-order chi connectivity index (χ1) is 14.5. The maximum absolute atomic E-state index is 13.3. The van der Waals surface area contributed by atoms with E-state index in [0.29, 0.717) is 13.1 Å². The van der Waals surface area contributed by atoms with Crippen LogP contribution in [0.5, 0.6) is 0 Å². The van der Waals surface area contributed by atoms with E-state index in [9.17, 15) is 9.59 Å². The molecule has 4 rings (SSSR count). The Morgan fingerprint density at radius 1 is 0.933 bits per heavy atom. The van der Waals surface area contributed by atoms with Crippen LogP contribution in [0, 0.1) is 6.92 Å². The Hall–Kier alpha value is -2.70. The Kier molecular flexibility index (Phi) is 5.88. The van der Waals surface area contributed by atoms with Gasteiger partial charge in [0.25, 0.3) is 5.91 Å². The predicted octanol–water partition coefficient (Wildman–Crippen LogP) is 0.0932. The molecule has 2 fully saturated rings. The molecule has 30 heavy (non-hydrogen) atoms. The molecule has 2 aliphatic rings. The van der Waals surface area contributed by atoms with E-state index in [0.717, 1.165) is 38.3 Å². The highest BCUT2D eigenvalue weighted by Gasteiger charge is 2.52. The van der Waals surface area contributed by atoms with Crippen LogP contribution in [-0.2, 0) is 16.9 Å². The van der Waals surface area contributed by atoms with Gasteiger partial charge in [-0.15, -0.1) is 0 Å². The van der Waals surface area contributed by atoms with E-state index in [2.05, 4.69) is 36.5 Å². The average molecular weight is 409 g/mol. The second kappa shape index (κ2) is 8.58. The minimum atomic E-state index is -0.935. The molecule has 2 aromatic rings. The van der Waals surface area contributed by atoms with E-state index in [1.165, 1.54) is 20.9 Å². The molecule has 2 aliphatic heterocycles. The van der Waals surface area contributed by atoms with Crippen molar-refractivity contribution in [3.05, 3.63) is 71.3 Å². The Balaban J connectivity index is 1.38. The summed E-state index contributed by atoms with van der Waals surface area (Å²) in [6.45, 7) is 9.62. The van der Waals surface area contributed by atoms with Gasteiger partial charge in [0.15, 0.2) is 6.67 Å². The first-order valence-electron chi connectivity index (χ1n) is 10.9. The fourth-order valence-electron chi connectivity index (χ4n) is 4.73. The van der Waals surface area contributed by atoms with Crippen LogP contribution in [0.4, 0.5) is 4.79 Å². The molecule has 6 heteroatoms. The number of hydrogen-bond acceptors (Lipinski definition) is 2. The maximum atomic E-state index is 13.3. The van der Waals surface area contributed by atoms with Crippen molar-refractivity contribution in [1.29, 1.82) is 0 Å². The van der Waals surface area contributed by atoms with Crippen LogP contribution in [0.15, 0.2) is 54.6 Å². The van der Waals surface area contributed by atoms with Crippen LogP contribution >= 0.6 is 0 Å². The Labute approximate surface area is 178 Å². The number of nitrogens with one attached hydrogen (secondary N) is 3. The molecule has 0 unspecified atom stereocenters. The molecule has 2 heterocycles. The van der Waals surface area contributed by atoms with Crippen molar-refractivity contribution in [3.8, 4) is 0 Å². The van der Waals surface area contributed by atoms with Gasteiger partial charge >= 0.3 is 6.03 Å². The number of aryl methyl sites for hydroxylation is 1. The van der Waals surface area contributed by atoms with E-state index in [-0.39, 0.29) is 11.9 Å². The Bertz CT molecular complexity index is 908. The number of quaternary nitrogens is 2. The van der Waals surface area contributed by atoms with E-state index < -0.39 is 5.54 Å². The first-order valence-corrected chi connectivity index (χ1v) is 10.9. The molecule has 3 N–H and O–H groups in total. The summed E-state index contributed by atoms with van der Waals surface area (Å²) in [7, 11) is 0. The number of urea groups is 1. The lowest BCUT2D eigenvalue weighted by Gasteiger charge is -2.32. The van der Waals surface area contributed by atoms with Gasteiger partial charge in [-0.3, -0.25) is 4.79 Å². The van der Waals surface area contributed by atoms with Crippen LogP contribution in [0.25, 0.3) is 0 Å². The van der Waals surface area contributed by atoms with Gasteiger partial charge in [0.2, 0.25) is 0 Å². The number of hydrogen-bond donors (Lipinski definition) is 3. The lowest BCUT2D eigenvalue weighted by atomic mass is 9.87. The molecule has 6 nitrogen and oxygen atoms in total. The van der Waals surface area contributed by atoms with E-state index in [4.69, 9.17) is 0 Å². The van der Waals surface area contributed by atoms with Gasteiger partial charge in [0, 0.05) is 5.56 Å². The second-order valence-electron chi connectivity index (χ2n) is 8.55. The molecule has 0 aromatic heterocycles. The van der Waals surface area contributed by atoms with Gasteiger partial charge in [-0.05, 0) is 24.5 Å². The number of amides is 3. The highest BCUT2D eigenvalue weighted by Crippen LogP contribution is 2.31. The summed E-state index contributed by atoms with van der Waals surface area (Å²) in [5, 5.41) is 2.99. The van der Waals surface area contributed by atoms with E-state index in [1.807, 2.05) is 37.3 Å². The number of nitrogens with zero attached hydrogens (tertiary/aromatic N) is 1. The zero-order chi connectivity index (χ0) is 21.1. The maximum Gasteiger partial charge on any atom is 0.329 e. The summed E-state index contributed by atoms with van der Waals surface area (Å²) in [5.74, 6) is -0.122. The molecule has 0 bridgehead atoms. The second-order valence-corrected chi connectivity index (χ2v) is 8.55. The largest absolute Gasteiger partial charge is 0.329 e. The predicted molar refractivity (Wildman–Crippen MR) is 115 cm³/mol. The molecular formula is C24H32N4O2+2. The van der Waals surface area contributed by atoms with Crippen molar-refractivity contribution in [2.75, 3.05) is 32.8 Å². The summed E-state index contributed by atoms with van der Waals surface area (Å²) in [4.78, 5) is 30.3. The molecular weight excluding hydrogens is 376 g/mol. The van der Waals surface area contributed by atoms with Crippen molar-refractivity contribution in [2.45, 2.75) is 32.4 Å². The Morgan fingerprint density at radius 3 is 2.23 bits per heavy atom. The van der Waals surface area contributed by atoms with Crippen molar-refractivity contribution < 1.29 is 19.4 Å².